The molecule has 3 rings (SSSR count). The molecule has 2 aromatic carbocycles. The van der Waals surface area contributed by atoms with Crippen molar-refractivity contribution in [3.63, 3.8) is 0 Å². The molecule has 132 valence electrons. The van der Waals surface area contributed by atoms with Gasteiger partial charge in [0.2, 0.25) is 5.91 Å². The van der Waals surface area contributed by atoms with Gasteiger partial charge in [0, 0.05) is 37.9 Å². The molecule has 0 bridgehead atoms. The van der Waals surface area contributed by atoms with Crippen LogP contribution in [0.4, 0.5) is 4.39 Å². The van der Waals surface area contributed by atoms with Gasteiger partial charge in [0.25, 0.3) is 0 Å². The Kier molecular flexibility index (Phi) is 5.82. The van der Waals surface area contributed by atoms with Crippen LogP contribution in [-0.4, -0.2) is 30.9 Å². The van der Waals surface area contributed by atoms with E-state index in [-0.39, 0.29) is 17.6 Å². The summed E-state index contributed by atoms with van der Waals surface area (Å²) in [6.07, 6.45) is 1.75. The normalized spacial score (nSPS) is 20.2. The summed E-state index contributed by atoms with van der Waals surface area (Å²) in [5.74, 6) is 0.197. The Balaban J connectivity index is 1.50. The molecule has 0 aliphatic carbocycles. The van der Waals surface area contributed by atoms with Gasteiger partial charge in [-0.1, -0.05) is 48.5 Å². The Labute approximate surface area is 149 Å². The maximum Gasteiger partial charge on any atom is 0.226 e. The van der Waals surface area contributed by atoms with E-state index in [1.54, 1.807) is 6.07 Å². The number of benzene rings is 2. The summed E-state index contributed by atoms with van der Waals surface area (Å²) in [4.78, 5) is 15.9. The van der Waals surface area contributed by atoms with Crippen molar-refractivity contribution in [2.75, 3.05) is 20.1 Å². The van der Waals surface area contributed by atoms with Gasteiger partial charge in [0.05, 0.1) is 13.1 Å². The lowest BCUT2D eigenvalue weighted by Crippen LogP contribution is -3.11. The van der Waals surface area contributed by atoms with E-state index in [9.17, 15) is 9.18 Å². The number of amides is 1. The molecule has 4 heteroatoms. The van der Waals surface area contributed by atoms with Gasteiger partial charge < -0.3 is 9.80 Å². The third kappa shape index (κ3) is 4.67. The van der Waals surface area contributed by atoms with Crippen molar-refractivity contribution in [2.24, 2.45) is 5.92 Å². The number of carbonyl (C=O) groups is 1. The SMILES string of the molecule is CN(Cc1ccccc1)C(=O)C1CC[NH+](Cc2ccccc2F)CC1. The third-order valence-corrected chi connectivity index (χ3v) is 5.08. The fourth-order valence-electron chi connectivity index (χ4n) is 3.61. The van der Waals surface area contributed by atoms with Crippen LogP contribution in [0.3, 0.4) is 0 Å². The molecule has 1 N–H and O–H groups in total. The lowest BCUT2D eigenvalue weighted by Gasteiger charge is -2.31. The number of rotatable bonds is 5. The largest absolute Gasteiger partial charge is 0.341 e. The lowest BCUT2D eigenvalue weighted by atomic mass is 9.95. The lowest BCUT2D eigenvalue weighted by molar-refractivity contribution is -0.919. The maximum absolute atomic E-state index is 13.8. The van der Waals surface area contributed by atoms with Crippen LogP contribution in [0.2, 0.25) is 0 Å². The number of hydrogen-bond donors (Lipinski definition) is 1. The Morgan fingerprint density at radius 3 is 2.40 bits per heavy atom. The first-order chi connectivity index (χ1) is 12.1. The standard InChI is InChI=1S/C21H25FN2O/c1-23(15-17-7-3-2-4-8-17)21(25)18-11-13-24(14-12-18)16-19-9-5-6-10-20(19)22/h2-10,18H,11-16H2,1H3/p+1. The Hall–Kier alpha value is -2.20. The van der Waals surface area contributed by atoms with Gasteiger partial charge in [-0.05, 0) is 11.6 Å². The average Bonchev–Trinajstić information content (AvgIpc) is 2.64. The van der Waals surface area contributed by atoms with Crippen LogP contribution < -0.4 is 4.90 Å². The highest BCUT2D eigenvalue weighted by Crippen LogP contribution is 2.15. The molecule has 0 radical (unpaired) electrons. The maximum atomic E-state index is 13.8. The van der Waals surface area contributed by atoms with E-state index in [1.165, 1.54) is 11.0 Å². The van der Waals surface area contributed by atoms with Crippen molar-refractivity contribution in [3.8, 4) is 0 Å². The summed E-state index contributed by atoms with van der Waals surface area (Å²) >= 11 is 0. The minimum Gasteiger partial charge on any atom is -0.341 e. The number of nitrogens with one attached hydrogen (secondary N) is 1. The molecule has 1 saturated heterocycles. The van der Waals surface area contributed by atoms with Gasteiger partial charge in [-0.2, -0.15) is 0 Å². The molecule has 0 saturated carbocycles. The van der Waals surface area contributed by atoms with Crippen molar-refractivity contribution in [1.82, 2.24) is 4.90 Å². The summed E-state index contributed by atoms with van der Waals surface area (Å²) in [6.45, 7) is 3.20. The number of likely N-dealkylation sites (tertiary alicyclic amines) is 1. The van der Waals surface area contributed by atoms with Crippen molar-refractivity contribution >= 4 is 5.91 Å². The summed E-state index contributed by atoms with van der Waals surface area (Å²) in [5.41, 5.74) is 1.92. The zero-order valence-corrected chi connectivity index (χ0v) is 14.7. The molecule has 25 heavy (non-hydrogen) atoms. The number of nitrogens with zero attached hydrogens (tertiary/aromatic N) is 1. The van der Waals surface area contributed by atoms with Crippen LogP contribution in [0.1, 0.15) is 24.0 Å². The predicted molar refractivity (Wildman–Crippen MR) is 96.4 cm³/mol. The highest BCUT2D eigenvalue weighted by Gasteiger charge is 2.29. The zero-order valence-electron chi connectivity index (χ0n) is 14.7. The van der Waals surface area contributed by atoms with Crippen LogP contribution in [0, 0.1) is 11.7 Å². The first kappa shape index (κ1) is 17.6. The number of carbonyl (C=O) groups excluding carboxylic acids is 1. The van der Waals surface area contributed by atoms with Crippen LogP contribution in [0.25, 0.3) is 0 Å². The van der Waals surface area contributed by atoms with Gasteiger partial charge in [-0.25, -0.2) is 4.39 Å². The average molecular weight is 341 g/mol. The number of halogens is 1. The fourth-order valence-corrected chi connectivity index (χ4v) is 3.61. The van der Waals surface area contributed by atoms with Crippen molar-refractivity contribution in [2.45, 2.75) is 25.9 Å². The van der Waals surface area contributed by atoms with E-state index in [2.05, 4.69) is 0 Å². The van der Waals surface area contributed by atoms with E-state index in [4.69, 9.17) is 0 Å². The van der Waals surface area contributed by atoms with Crippen molar-refractivity contribution in [3.05, 3.63) is 71.5 Å². The molecule has 0 spiro atoms. The molecular weight excluding hydrogens is 315 g/mol. The van der Waals surface area contributed by atoms with Gasteiger partial charge >= 0.3 is 0 Å². The molecule has 3 nitrogen and oxygen atoms in total. The second-order valence-corrected chi connectivity index (χ2v) is 6.97. The highest BCUT2D eigenvalue weighted by atomic mass is 19.1. The van der Waals surface area contributed by atoms with E-state index in [0.717, 1.165) is 37.1 Å². The molecule has 1 fully saturated rings. The molecule has 1 heterocycles. The van der Waals surface area contributed by atoms with E-state index in [0.29, 0.717) is 13.1 Å². The van der Waals surface area contributed by atoms with Crippen molar-refractivity contribution in [1.29, 1.82) is 0 Å². The summed E-state index contributed by atoms with van der Waals surface area (Å²) in [7, 11) is 1.88. The molecular formula is C21H26FN2O+. The summed E-state index contributed by atoms with van der Waals surface area (Å²) < 4.78 is 13.8. The fraction of sp³-hybridized carbons (Fsp3) is 0.381. The van der Waals surface area contributed by atoms with E-state index >= 15 is 0 Å². The van der Waals surface area contributed by atoms with E-state index in [1.807, 2.05) is 54.4 Å². The molecule has 0 unspecified atom stereocenters. The highest BCUT2D eigenvalue weighted by molar-refractivity contribution is 5.78. The minimum absolute atomic E-state index is 0.0954. The second kappa shape index (κ2) is 8.26. The summed E-state index contributed by atoms with van der Waals surface area (Å²) in [5, 5.41) is 0. The first-order valence-electron chi connectivity index (χ1n) is 8.99. The third-order valence-electron chi connectivity index (χ3n) is 5.08. The van der Waals surface area contributed by atoms with Crippen LogP contribution >= 0.6 is 0 Å². The number of piperidine rings is 1. The van der Waals surface area contributed by atoms with Gasteiger partial charge in [-0.15, -0.1) is 0 Å². The van der Waals surface area contributed by atoms with E-state index < -0.39 is 0 Å². The molecule has 2 aromatic rings. The minimum atomic E-state index is -0.129. The Morgan fingerprint density at radius 1 is 1.08 bits per heavy atom. The van der Waals surface area contributed by atoms with Gasteiger partial charge in [0.1, 0.15) is 12.4 Å². The molecule has 1 aliphatic heterocycles. The smallest absolute Gasteiger partial charge is 0.226 e. The Morgan fingerprint density at radius 2 is 1.72 bits per heavy atom. The van der Waals surface area contributed by atoms with Gasteiger partial charge in [0.15, 0.2) is 0 Å². The first-order valence-corrected chi connectivity index (χ1v) is 8.99. The van der Waals surface area contributed by atoms with Gasteiger partial charge in [-0.3, -0.25) is 4.79 Å². The molecule has 1 aliphatic rings. The zero-order chi connectivity index (χ0) is 17.6. The quantitative estimate of drug-likeness (QED) is 0.887. The Bertz CT molecular complexity index is 696. The van der Waals surface area contributed by atoms with Crippen molar-refractivity contribution < 1.29 is 14.1 Å². The molecule has 1 amide bonds. The number of quaternary nitrogens is 1. The van der Waals surface area contributed by atoms with Crippen LogP contribution in [0.15, 0.2) is 54.6 Å². The topological polar surface area (TPSA) is 24.8 Å². The monoisotopic (exact) mass is 341 g/mol. The van der Waals surface area contributed by atoms with Crippen LogP contribution in [-0.2, 0) is 17.9 Å². The second-order valence-electron chi connectivity index (χ2n) is 6.97. The predicted octanol–water partition coefficient (Wildman–Crippen LogP) is 2.28. The summed E-state index contributed by atoms with van der Waals surface area (Å²) in [6, 6.07) is 17.1. The molecule has 0 aromatic heterocycles. The van der Waals surface area contributed by atoms with Crippen LogP contribution in [0.5, 0.6) is 0 Å². The number of hydrogen-bond acceptors (Lipinski definition) is 1. The molecule has 0 atom stereocenters.